The zero-order valence-corrected chi connectivity index (χ0v) is 14.6. The lowest BCUT2D eigenvalue weighted by molar-refractivity contribution is 0.544. The quantitative estimate of drug-likeness (QED) is 0.282. The van der Waals surface area contributed by atoms with Crippen molar-refractivity contribution >= 4 is 12.6 Å². The molecule has 0 unspecified atom stereocenters. The molecule has 0 aliphatic carbocycles. The van der Waals surface area contributed by atoms with Gasteiger partial charge in [0.15, 0.2) is 0 Å². The van der Waals surface area contributed by atoms with Gasteiger partial charge in [0.25, 0.3) is 0 Å². The van der Waals surface area contributed by atoms with Crippen LogP contribution < -0.4 is 0 Å². The highest BCUT2D eigenvalue weighted by molar-refractivity contribution is 7.80. The van der Waals surface area contributed by atoms with Crippen molar-refractivity contribution in [1.82, 2.24) is 0 Å². The topological polar surface area (TPSA) is 0 Å². The summed E-state index contributed by atoms with van der Waals surface area (Å²) < 4.78 is 0. The Bertz CT molecular complexity index is 307. The molecule has 0 atom stereocenters. The summed E-state index contributed by atoms with van der Waals surface area (Å²) in [7, 11) is 0. The van der Waals surface area contributed by atoms with Gasteiger partial charge in [-0.1, -0.05) is 94.5 Å². The van der Waals surface area contributed by atoms with Gasteiger partial charge in [-0.15, -0.1) is 0 Å². The molecule has 1 heteroatoms. The van der Waals surface area contributed by atoms with Crippen LogP contribution in [0.15, 0.2) is 30.3 Å². The number of thiol groups is 1. The third-order valence-electron chi connectivity index (χ3n) is 4.22. The maximum atomic E-state index is 4.25. The molecule has 0 aliphatic rings. The molecule has 0 aliphatic heterocycles. The van der Waals surface area contributed by atoms with Gasteiger partial charge >= 0.3 is 0 Å². The highest BCUT2D eigenvalue weighted by Crippen LogP contribution is 2.13. The number of aryl methyl sites for hydroxylation is 1. The van der Waals surface area contributed by atoms with Gasteiger partial charge in [0.1, 0.15) is 0 Å². The summed E-state index contributed by atoms with van der Waals surface area (Å²) in [5.41, 5.74) is 1.50. The monoisotopic (exact) mass is 306 g/mol. The van der Waals surface area contributed by atoms with Crippen LogP contribution in [0.4, 0.5) is 0 Å². The van der Waals surface area contributed by atoms with Gasteiger partial charge in [-0.3, -0.25) is 0 Å². The van der Waals surface area contributed by atoms with Crippen LogP contribution in [0.25, 0.3) is 0 Å². The molecule has 0 saturated heterocycles. The lowest BCUT2D eigenvalue weighted by atomic mass is 10.0. The van der Waals surface area contributed by atoms with E-state index in [0.717, 1.165) is 5.75 Å². The van der Waals surface area contributed by atoms with Crippen LogP contribution in [0.2, 0.25) is 0 Å². The van der Waals surface area contributed by atoms with Crippen LogP contribution in [0.3, 0.4) is 0 Å². The van der Waals surface area contributed by atoms with E-state index >= 15 is 0 Å². The Balaban J connectivity index is 1.75. The van der Waals surface area contributed by atoms with E-state index in [9.17, 15) is 0 Å². The largest absolute Gasteiger partial charge is 0.179 e. The molecule has 0 spiro atoms. The molecular weight excluding hydrogens is 272 g/mol. The van der Waals surface area contributed by atoms with Gasteiger partial charge in [0.2, 0.25) is 0 Å². The lowest BCUT2D eigenvalue weighted by Crippen LogP contribution is -1.86. The summed E-state index contributed by atoms with van der Waals surface area (Å²) in [5, 5.41) is 0. The van der Waals surface area contributed by atoms with E-state index in [2.05, 4.69) is 43.0 Å². The van der Waals surface area contributed by atoms with Crippen molar-refractivity contribution in [3.05, 3.63) is 35.9 Å². The van der Waals surface area contributed by atoms with Crippen LogP contribution in [0.1, 0.15) is 82.6 Å². The van der Waals surface area contributed by atoms with Crippen LogP contribution in [0, 0.1) is 0 Å². The van der Waals surface area contributed by atoms with E-state index < -0.39 is 0 Å². The molecule has 0 radical (unpaired) electrons. The SMILES string of the molecule is SCCCCCCCCCCCCCCc1ccccc1. The number of unbranched alkanes of at least 4 members (excludes halogenated alkanes) is 11. The second-order valence-corrected chi connectivity index (χ2v) is 6.65. The summed E-state index contributed by atoms with van der Waals surface area (Å²) in [5.74, 6) is 1.06. The maximum Gasteiger partial charge on any atom is -0.00979 e. The molecule has 0 fully saturated rings. The average molecular weight is 307 g/mol. The molecule has 0 saturated carbocycles. The third kappa shape index (κ3) is 11.9. The molecular formula is C20H34S. The summed E-state index contributed by atoms with van der Waals surface area (Å²) >= 11 is 4.25. The first-order valence-corrected chi connectivity index (χ1v) is 9.71. The van der Waals surface area contributed by atoms with Crippen molar-refractivity contribution in [2.24, 2.45) is 0 Å². The van der Waals surface area contributed by atoms with Crippen LogP contribution >= 0.6 is 12.6 Å². The predicted molar refractivity (Wildman–Crippen MR) is 99.4 cm³/mol. The molecule has 0 N–H and O–H groups in total. The molecule has 0 nitrogen and oxygen atoms in total. The van der Waals surface area contributed by atoms with Gasteiger partial charge in [-0.2, -0.15) is 12.6 Å². The zero-order chi connectivity index (χ0) is 15.0. The summed E-state index contributed by atoms with van der Waals surface area (Å²) in [6.07, 6.45) is 18.2. The molecule has 120 valence electrons. The molecule has 0 amide bonds. The van der Waals surface area contributed by atoms with Gasteiger partial charge in [-0.25, -0.2) is 0 Å². The highest BCUT2D eigenvalue weighted by Gasteiger charge is 1.95. The molecule has 21 heavy (non-hydrogen) atoms. The predicted octanol–water partition coefficient (Wildman–Crippen LogP) is 6.84. The fraction of sp³-hybridized carbons (Fsp3) is 0.700. The lowest BCUT2D eigenvalue weighted by Gasteiger charge is -2.03. The summed E-state index contributed by atoms with van der Waals surface area (Å²) in [6, 6.07) is 10.9. The number of hydrogen-bond donors (Lipinski definition) is 1. The fourth-order valence-electron chi connectivity index (χ4n) is 2.85. The van der Waals surface area contributed by atoms with Crippen LogP contribution in [-0.4, -0.2) is 5.75 Å². The van der Waals surface area contributed by atoms with Gasteiger partial charge in [0, 0.05) is 0 Å². The standard InChI is InChI=1S/C20H34S/c21-19-15-10-8-6-4-2-1-3-5-7-9-12-16-20-17-13-11-14-18-20/h11,13-14,17-18,21H,1-10,12,15-16,19H2. The minimum absolute atomic E-state index is 1.06. The average Bonchev–Trinajstić information content (AvgIpc) is 2.53. The normalized spacial score (nSPS) is 10.9. The molecule has 1 rings (SSSR count). The molecule has 1 aromatic carbocycles. The van der Waals surface area contributed by atoms with E-state index in [0.29, 0.717) is 0 Å². The highest BCUT2D eigenvalue weighted by atomic mass is 32.1. The Labute approximate surface area is 138 Å². The van der Waals surface area contributed by atoms with Crippen molar-refractivity contribution < 1.29 is 0 Å². The Hall–Kier alpha value is -0.430. The first-order valence-electron chi connectivity index (χ1n) is 9.08. The van der Waals surface area contributed by atoms with Crippen molar-refractivity contribution in [3.63, 3.8) is 0 Å². The number of hydrogen-bond acceptors (Lipinski definition) is 1. The van der Waals surface area contributed by atoms with E-state index in [1.807, 2.05) is 0 Å². The third-order valence-corrected chi connectivity index (χ3v) is 4.53. The van der Waals surface area contributed by atoms with Gasteiger partial charge in [0.05, 0.1) is 0 Å². The second-order valence-electron chi connectivity index (χ2n) is 6.20. The number of rotatable bonds is 14. The van der Waals surface area contributed by atoms with Crippen molar-refractivity contribution in [2.45, 2.75) is 83.5 Å². The van der Waals surface area contributed by atoms with Crippen molar-refractivity contribution in [2.75, 3.05) is 5.75 Å². The smallest absolute Gasteiger partial charge is 0.00979 e. The number of benzene rings is 1. The van der Waals surface area contributed by atoms with Crippen LogP contribution in [-0.2, 0) is 6.42 Å². The molecule has 0 bridgehead atoms. The van der Waals surface area contributed by atoms with Crippen molar-refractivity contribution in [1.29, 1.82) is 0 Å². The van der Waals surface area contributed by atoms with Crippen molar-refractivity contribution in [3.8, 4) is 0 Å². The first kappa shape index (κ1) is 18.6. The summed E-state index contributed by atoms with van der Waals surface area (Å²) in [6.45, 7) is 0. The minimum Gasteiger partial charge on any atom is -0.179 e. The Morgan fingerprint density at radius 3 is 1.43 bits per heavy atom. The maximum absolute atomic E-state index is 4.25. The first-order chi connectivity index (χ1) is 10.4. The fourth-order valence-corrected chi connectivity index (χ4v) is 3.08. The Morgan fingerprint density at radius 2 is 0.952 bits per heavy atom. The Morgan fingerprint density at radius 1 is 0.524 bits per heavy atom. The second kappa shape index (κ2) is 14.5. The molecule has 0 aromatic heterocycles. The van der Waals surface area contributed by atoms with Crippen LogP contribution in [0.5, 0.6) is 0 Å². The van der Waals surface area contributed by atoms with E-state index in [1.54, 1.807) is 0 Å². The van der Waals surface area contributed by atoms with Gasteiger partial charge < -0.3 is 0 Å². The summed E-state index contributed by atoms with van der Waals surface area (Å²) in [4.78, 5) is 0. The molecule has 1 aromatic rings. The minimum atomic E-state index is 1.06. The van der Waals surface area contributed by atoms with E-state index in [4.69, 9.17) is 0 Å². The zero-order valence-electron chi connectivity index (χ0n) is 13.7. The van der Waals surface area contributed by atoms with Gasteiger partial charge in [-0.05, 0) is 30.6 Å². The molecule has 0 heterocycles. The van der Waals surface area contributed by atoms with E-state index in [1.165, 1.54) is 89.0 Å². The Kier molecular flexibility index (Phi) is 12.9. The van der Waals surface area contributed by atoms with E-state index in [-0.39, 0.29) is 0 Å².